The molecule has 0 N–H and O–H groups in total. The van der Waals surface area contributed by atoms with Crippen molar-refractivity contribution in [2.45, 2.75) is 25.2 Å². The lowest BCUT2D eigenvalue weighted by atomic mass is 9.93. The third kappa shape index (κ3) is 3.52. The van der Waals surface area contributed by atoms with Crippen LogP contribution in [0, 0.1) is 0 Å². The second-order valence-electron chi connectivity index (χ2n) is 6.64. The number of oxazole rings is 1. The lowest BCUT2D eigenvalue weighted by Crippen LogP contribution is -2.31. The van der Waals surface area contributed by atoms with Crippen molar-refractivity contribution in [3.05, 3.63) is 72.5 Å². The highest BCUT2D eigenvalue weighted by molar-refractivity contribution is 5.94. The van der Waals surface area contributed by atoms with Gasteiger partial charge in [0.15, 0.2) is 12.2 Å². The van der Waals surface area contributed by atoms with Crippen molar-refractivity contribution < 1.29 is 9.21 Å². The summed E-state index contributed by atoms with van der Waals surface area (Å²) in [7, 11) is 0. The Labute approximate surface area is 152 Å². The molecule has 0 aliphatic carbocycles. The van der Waals surface area contributed by atoms with E-state index in [0.717, 1.165) is 43.5 Å². The topological polar surface area (TPSA) is 59.2 Å². The molecule has 0 bridgehead atoms. The Kier molecular flexibility index (Phi) is 4.78. The van der Waals surface area contributed by atoms with Gasteiger partial charge in [-0.15, -0.1) is 0 Å². The number of pyridine rings is 1. The average Bonchev–Trinajstić information content (AvgIpc) is 3.13. The summed E-state index contributed by atoms with van der Waals surface area (Å²) in [6, 6.07) is 11.7. The molecule has 2 aromatic heterocycles. The first-order valence-corrected chi connectivity index (χ1v) is 8.99. The molecular weight excluding hydrogens is 326 g/mol. The van der Waals surface area contributed by atoms with Gasteiger partial charge in [-0.2, -0.15) is 0 Å². The lowest BCUT2D eigenvalue weighted by Gasteiger charge is -2.21. The van der Waals surface area contributed by atoms with E-state index in [1.54, 1.807) is 6.20 Å². The largest absolute Gasteiger partial charge is 0.444 e. The molecule has 26 heavy (non-hydrogen) atoms. The van der Waals surface area contributed by atoms with E-state index in [1.165, 1.54) is 12.0 Å². The molecule has 1 amide bonds. The average molecular weight is 347 g/mol. The van der Waals surface area contributed by atoms with Gasteiger partial charge in [0.2, 0.25) is 0 Å². The maximum atomic E-state index is 12.9. The van der Waals surface area contributed by atoms with Gasteiger partial charge in [0.25, 0.3) is 5.91 Å². The minimum Gasteiger partial charge on any atom is -0.444 e. The van der Waals surface area contributed by atoms with Crippen LogP contribution >= 0.6 is 0 Å². The van der Waals surface area contributed by atoms with Gasteiger partial charge in [0, 0.05) is 36.6 Å². The number of aromatic nitrogens is 2. The van der Waals surface area contributed by atoms with E-state index in [4.69, 9.17) is 4.42 Å². The second kappa shape index (κ2) is 7.52. The van der Waals surface area contributed by atoms with Crippen LogP contribution in [-0.4, -0.2) is 33.9 Å². The van der Waals surface area contributed by atoms with E-state index in [1.807, 2.05) is 41.6 Å². The van der Waals surface area contributed by atoms with Crippen molar-refractivity contribution in [1.82, 2.24) is 14.9 Å². The predicted molar refractivity (Wildman–Crippen MR) is 98.7 cm³/mol. The SMILES string of the molecule is O=C(c1ccc(-c2cnco2)cc1)N1CCCC(c2ccncc2)CC1. The molecule has 1 aliphatic heterocycles. The van der Waals surface area contributed by atoms with Crippen molar-refractivity contribution >= 4 is 5.91 Å². The summed E-state index contributed by atoms with van der Waals surface area (Å²) < 4.78 is 5.30. The fraction of sp³-hybridized carbons (Fsp3) is 0.286. The van der Waals surface area contributed by atoms with E-state index >= 15 is 0 Å². The van der Waals surface area contributed by atoms with Crippen LogP contribution in [0.25, 0.3) is 11.3 Å². The molecule has 5 heteroatoms. The minimum atomic E-state index is 0.101. The molecule has 1 aromatic carbocycles. The maximum absolute atomic E-state index is 12.9. The van der Waals surface area contributed by atoms with Crippen molar-refractivity contribution in [1.29, 1.82) is 0 Å². The number of nitrogens with zero attached hydrogens (tertiary/aromatic N) is 3. The van der Waals surface area contributed by atoms with Crippen molar-refractivity contribution in [2.75, 3.05) is 13.1 Å². The van der Waals surface area contributed by atoms with Gasteiger partial charge in [-0.1, -0.05) is 12.1 Å². The highest BCUT2D eigenvalue weighted by Gasteiger charge is 2.22. The molecule has 1 aliphatic rings. The highest BCUT2D eigenvalue weighted by atomic mass is 16.3. The zero-order valence-electron chi connectivity index (χ0n) is 14.5. The van der Waals surface area contributed by atoms with Crippen LogP contribution in [0.1, 0.15) is 41.1 Å². The summed E-state index contributed by atoms with van der Waals surface area (Å²) in [6.07, 6.45) is 9.90. The first kappa shape index (κ1) is 16.5. The Morgan fingerprint density at radius 1 is 1.00 bits per heavy atom. The predicted octanol–water partition coefficient (Wildman–Crippen LogP) is 4.15. The molecule has 3 heterocycles. The van der Waals surface area contributed by atoms with Gasteiger partial charge in [-0.3, -0.25) is 9.78 Å². The zero-order valence-corrected chi connectivity index (χ0v) is 14.5. The molecule has 0 saturated carbocycles. The van der Waals surface area contributed by atoms with E-state index in [-0.39, 0.29) is 5.91 Å². The number of likely N-dealkylation sites (tertiary alicyclic amines) is 1. The summed E-state index contributed by atoms with van der Waals surface area (Å²) >= 11 is 0. The second-order valence-corrected chi connectivity index (χ2v) is 6.64. The Morgan fingerprint density at radius 2 is 1.81 bits per heavy atom. The van der Waals surface area contributed by atoms with Gasteiger partial charge in [-0.25, -0.2) is 4.98 Å². The molecule has 0 radical (unpaired) electrons. The van der Waals surface area contributed by atoms with Crippen LogP contribution in [0.3, 0.4) is 0 Å². The fourth-order valence-corrected chi connectivity index (χ4v) is 3.59. The van der Waals surface area contributed by atoms with Crippen LogP contribution in [0.2, 0.25) is 0 Å². The summed E-state index contributed by atoms with van der Waals surface area (Å²) in [5, 5.41) is 0. The zero-order chi connectivity index (χ0) is 17.8. The number of hydrogen-bond donors (Lipinski definition) is 0. The number of rotatable bonds is 3. The van der Waals surface area contributed by atoms with E-state index < -0.39 is 0 Å². The van der Waals surface area contributed by atoms with Gasteiger partial charge < -0.3 is 9.32 Å². The van der Waals surface area contributed by atoms with E-state index in [2.05, 4.69) is 22.1 Å². The molecular formula is C21H21N3O2. The molecule has 5 nitrogen and oxygen atoms in total. The monoisotopic (exact) mass is 347 g/mol. The van der Waals surface area contributed by atoms with Crippen LogP contribution in [0.4, 0.5) is 0 Å². The quantitative estimate of drug-likeness (QED) is 0.714. The van der Waals surface area contributed by atoms with Crippen LogP contribution in [-0.2, 0) is 0 Å². The third-order valence-electron chi connectivity index (χ3n) is 5.04. The minimum absolute atomic E-state index is 0.101. The molecule has 3 aromatic rings. The number of carbonyl (C=O) groups is 1. The fourth-order valence-electron chi connectivity index (χ4n) is 3.59. The van der Waals surface area contributed by atoms with Gasteiger partial charge in [-0.05, 0) is 55.0 Å². The van der Waals surface area contributed by atoms with Crippen LogP contribution < -0.4 is 0 Å². The summed E-state index contributed by atoms with van der Waals surface area (Å²) in [4.78, 5) is 22.9. The van der Waals surface area contributed by atoms with Crippen LogP contribution in [0.15, 0.2) is 65.8 Å². The van der Waals surface area contributed by atoms with Crippen molar-refractivity contribution in [2.24, 2.45) is 0 Å². The number of hydrogen-bond acceptors (Lipinski definition) is 4. The summed E-state index contributed by atoms with van der Waals surface area (Å²) in [5.41, 5.74) is 2.97. The summed E-state index contributed by atoms with van der Waals surface area (Å²) in [5.74, 6) is 1.31. The smallest absolute Gasteiger partial charge is 0.253 e. The first-order valence-electron chi connectivity index (χ1n) is 8.99. The molecule has 0 spiro atoms. The van der Waals surface area contributed by atoms with Gasteiger partial charge >= 0.3 is 0 Å². The van der Waals surface area contributed by atoms with Gasteiger partial charge in [0.05, 0.1) is 6.20 Å². The molecule has 1 atom stereocenters. The Bertz CT molecular complexity index is 845. The van der Waals surface area contributed by atoms with Crippen LogP contribution in [0.5, 0.6) is 0 Å². The molecule has 1 fully saturated rings. The normalized spacial score (nSPS) is 17.7. The van der Waals surface area contributed by atoms with Crippen molar-refractivity contribution in [3.63, 3.8) is 0 Å². The number of benzene rings is 1. The Morgan fingerprint density at radius 3 is 2.54 bits per heavy atom. The Hall–Kier alpha value is -2.95. The molecule has 1 unspecified atom stereocenters. The lowest BCUT2D eigenvalue weighted by molar-refractivity contribution is 0.0761. The first-order chi connectivity index (χ1) is 12.8. The number of amides is 1. The van der Waals surface area contributed by atoms with Gasteiger partial charge in [0.1, 0.15) is 0 Å². The van der Waals surface area contributed by atoms with E-state index in [0.29, 0.717) is 11.7 Å². The van der Waals surface area contributed by atoms with E-state index in [9.17, 15) is 4.79 Å². The number of carbonyl (C=O) groups excluding carboxylic acids is 1. The molecule has 1 saturated heterocycles. The summed E-state index contributed by atoms with van der Waals surface area (Å²) in [6.45, 7) is 1.60. The standard InChI is InChI=1S/C21H21N3O2/c25-21(19-5-3-18(4-6-19)20-14-23-15-26-20)24-12-1-2-16(9-13-24)17-7-10-22-11-8-17/h3-8,10-11,14-16H,1-2,9,12-13H2. The Balaban J connectivity index is 1.43. The molecule has 4 rings (SSSR count). The maximum Gasteiger partial charge on any atom is 0.253 e. The third-order valence-corrected chi connectivity index (χ3v) is 5.04. The molecule has 132 valence electrons. The highest BCUT2D eigenvalue weighted by Crippen LogP contribution is 2.28. The van der Waals surface area contributed by atoms with Crippen molar-refractivity contribution in [3.8, 4) is 11.3 Å².